The molecule has 0 aliphatic rings. The second-order valence-electron chi connectivity index (χ2n) is 5.19. The summed E-state index contributed by atoms with van der Waals surface area (Å²) in [5.74, 6) is -0.767. The van der Waals surface area contributed by atoms with E-state index < -0.39 is 5.82 Å². The number of nitrogens with one attached hydrogen (secondary N) is 1. The maximum absolute atomic E-state index is 13.4. The quantitative estimate of drug-likeness (QED) is 0.666. The van der Waals surface area contributed by atoms with Crippen molar-refractivity contribution in [2.75, 3.05) is 5.32 Å². The summed E-state index contributed by atoms with van der Waals surface area (Å²) < 4.78 is 13.4. The molecule has 3 nitrogen and oxygen atoms in total. The molecule has 4 heteroatoms. The maximum Gasteiger partial charge on any atom is 0.224 e. The third-order valence-electron chi connectivity index (χ3n) is 3.41. The van der Waals surface area contributed by atoms with E-state index in [1.807, 2.05) is 0 Å². The van der Waals surface area contributed by atoms with Gasteiger partial charge in [-0.05, 0) is 18.6 Å². The molecule has 0 aliphatic carbocycles. The topological polar surface area (TPSA) is 52.9 Å². The third-order valence-corrected chi connectivity index (χ3v) is 3.41. The molecule has 1 aromatic rings. The molecular formula is C17H23FN2O. The lowest BCUT2D eigenvalue weighted by Gasteiger charge is -2.07. The van der Waals surface area contributed by atoms with Gasteiger partial charge in [0.05, 0.1) is 5.69 Å². The number of rotatable bonds is 9. The van der Waals surface area contributed by atoms with Crippen LogP contribution in [-0.2, 0) is 4.79 Å². The molecular weight excluding hydrogens is 267 g/mol. The van der Waals surface area contributed by atoms with Gasteiger partial charge in [0, 0.05) is 6.42 Å². The van der Waals surface area contributed by atoms with Crippen molar-refractivity contribution >= 4 is 11.6 Å². The van der Waals surface area contributed by atoms with Crippen molar-refractivity contribution in [2.45, 2.75) is 58.3 Å². The molecule has 0 unspecified atom stereocenters. The number of amides is 1. The van der Waals surface area contributed by atoms with E-state index in [0.29, 0.717) is 6.42 Å². The molecule has 0 saturated heterocycles. The molecule has 0 saturated carbocycles. The lowest BCUT2D eigenvalue weighted by atomic mass is 10.1. The van der Waals surface area contributed by atoms with Gasteiger partial charge in [-0.1, -0.05) is 51.5 Å². The lowest BCUT2D eigenvalue weighted by Crippen LogP contribution is -2.12. The summed E-state index contributed by atoms with van der Waals surface area (Å²) in [6.07, 6.45) is 8.41. The average Bonchev–Trinajstić information content (AvgIpc) is 2.46. The van der Waals surface area contributed by atoms with Crippen LogP contribution in [0.1, 0.15) is 63.9 Å². The Morgan fingerprint density at radius 2 is 1.86 bits per heavy atom. The van der Waals surface area contributed by atoms with Crippen molar-refractivity contribution in [3.63, 3.8) is 0 Å². The summed E-state index contributed by atoms with van der Waals surface area (Å²) in [6.45, 7) is 2.19. The highest BCUT2D eigenvalue weighted by atomic mass is 19.1. The van der Waals surface area contributed by atoms with Crippen molar-refractivity contribution < 1.29 is 9.18 Å². The number of anilines is 1. The fourth-order valence-electron chi connectivity index (χ4n) is 2.20. The van der Waals surface area contributed by atoms with Gasteiger partial charge in [-0.2, -0.15) is 5.26 Å². The summed E-state index contributed by atoms with van der Waals surface area (Å²) in [7, 11) is 0. The SMILES string of the molecule is CCCCCCCCCC(=O)Nc1cccc(F)c1C#N. The van der Waals surface area contributed by atoms with Crippen molar-refractivity contribution in [1.29, 1.82) is 5.26 Å². The molecule has 0 radical (unpaired) electrons. The smallest absolute Gasteiger partial charge is 0.224 e. The minimum Gasteiger partial charge on any atom is -0.325 e. The van der Waals surface area contributed by atoms with Crippen LogP contribution in [0.25, 0.3) is 0 Å². The van der Waals surface area contributed by atoms with Crippen LogP contribution in [0.3, 0.4) is 0 Å². The first-order valence-electron chi connectivity index (χ1n) is 7.67. The van der Waals surface area contributed by atoms with Crippen LogP contribution in [0.4, 0.5) is 10.1 Å². The van der Waals surface area contributed by atoms with Gasteiger partial charge < -0.3 is 5.32 Å². The second-order valence-corrected chi connectivity index (χ2v) is 5.19. The van der Waals surface area contributed by atoms with E-state index >= 15 is 0 Å². The number of hydrogen-bond acceptors (Lipinski definition) is 2. The van der Waals surface area contributed by atoms with Gasteiger partial charge in [-0.3, -0.25) is 4.79 Å². The molecule has 0 atom stereocenters. The maximum atomic E-state index is 13.4. The van der Waals surface area contributed by atoms with Gasteiger partial charge in [-0.15, -0.1) is 0 Å². The second kappa shape index (κ2) is 9.93. The minimum absolute atomic E-state index is 0.106. The molecule has 0 bridgehead atoms. The summed E-state index contributed by atoms with van der Waals surface area (Å²) in [5.41, 5.74) is 0.149. The van der Waals surface area contributed by atoms with Gasteiger partial charge >= 0.3 is 0 Å². The first-order valence-corrected chi connectivity index (χ1v) is 7.67. The molecule has 0 heterocycles. The van der Waals surface area contributed by atoms with Crippen LogP contribution in [0.5, 0.6) is 0 Å². The Hall–Kier alpha value is -1.89. The number of benzene rings is 1. The molecule has 21 heavy (non-hydrogen) atoms. The highest BCUT2D eigenvalue weighted by Crippen LogP contribution is 2.18. The summed E-state index contributed by atoms with van der Waals surface area (Å²) in [5, 5.41) is 11.5. The molecule has 0 spiro atoms. The minimum atomic E-state index is -0.605. The Balaban J connectivity index is 2.29. The molecule has 0 aliphatic heterocycles. The first-order chi connectivity index (χ1) is 10.2. The Bertz CT molecular complexity index is 494. The number of halogens is 1. The fourth-order valence-corrected chi connectivity index (χ4v) is 2.20. The van der Waals surface area contributed by atoms with E-state index in [1.54, 1.807) is 12.1 Å². The van der Waals surface area contributed by atoms with E-state index in [9.17, 15) is 9.18 Å². The molecule has 1 amide bonds. The number of hydrogen-bond donors (Lipinski definition) is 1. The van der Waals surface area contributed by atoms with Crippen molar-refractivity contribution in [3.05, 3.63) is 29.6 Å². The largest absolute Gasteiger partial charge is 0.325 e. The zero-order chi connectivity index (χ0) is 15.5. The average molecular weight is 290 g/mol. The zero-order valence-electron chi connectivity index (χ0n) is 12.6. The number of nitriles is 1. The summed E-state index contributed by atoms with van der Waals surface area (Å²) in [4.78, 5) is 11.8. The van der Waals surface area contributed by atoms with E-state index in [0.717, 1.165) is 19.3 Å². The Morgan fingerprint density at radius 1 is 1.19 bits per heavy atom. The van der Waals surface area contributed by atoms with Crippen LogP contribution < -0.4 is 5.32 Å². The van der Waals surface area contributed by atoms with Crippen LogP contribution in [0.15, 0.2) is 18.2 Å². The standard InChI is InChI=1S/C17H23FN2O/c1-2-3-4-5-6-7-8-12-17(21)20-16-11-9-10-15(18)14(16)13-19/h9-11H,2-8,12H2,1H3,(H,20,21). The monoisotopic (exact) mass is 290 g/mol. The molecule has 1 N–H and O–H groups in total. The van der Waals surface area contributed by atoms with Gasteiger partial charge in [0.1, 0.15) is 17.4 Å². The van der Waals surface area contributed by atoms with Crippen LogP contribution >= 0.6 is 0 Å². The van der Waals surface area contributed by atoms with E-state index in [2.05, 4.69) is 12.2 Å². The van der Waals surface area contributed by atoms with E-state index in [4.69, 9.17) is 5.26 Å². The first kappa shape index (κ1) is 17.2. The Morgan fingerprint density at radius 3 is 2.52 bits per heavy atom. The normalized spacial score (nSPS) is 10.1. The summed E-state index contributed by atoms with van der Waals surface area (Å²) >= 11 is 0. The van der Waals surface area contributed by atoms with Gasteiger partial charge in [-0.25, -0.2) is 4.39 Å². The molecule has 114 valence electrons. The van der Waals surface area contributed by atoms with Crippen LogP contribution in [0, 0.1) is 17.1 Å². The molecule has 0 fully saturated rings. The van der Waals surface area contributed by atoms with Gasteiger partial charge in [0.25, 0.3) is 0 Å². The van der Waals surface area contributed by atoms with Crippen molar-refractivity contribution in [1.82, 2.24) is 0 Å². The predicted octanol–water partition coefficient (Wildman–Crippen LogP) is 4.78. The fraction of sp³-hybridized carbons (Fsp3) is 0.529. The molecule has 1 rings (SSSR count). The van der Waals surface area contributed by atoms with E-state index in [1.165, 1.54) is 37.8 Å². The van der Waals surface area contributed by atoms with Gasteiger partial charge in [0.15, 0.2) is 0 Å². The Kier molecular flexibility index (Phi) is 8.11. The van der Waals surface area contributed by atoms with E-state index in [-0.39, 0.29) is 17.2 Å². The van der Waals surface area contributed by atoms with Crippen LogP contribution in [0.2, 0.25) is 0 Å². The molecule has 0 aromatic heterocycles. The highest BCUT2D eigenvalue weighted by molar-refractivity contribution is 5.92. The number of carbonyl (C=O) groups excluding carboxylic acids is 1. The zero-order valence-corrected chi connectivity index (χ0v) is 12.6. The lowest BCUT2D eigenvalue weighted by molar-refractivity contribution is -0.116. The Labute approximate surface area is 126 Å². The van der Waals surface area contributed by atoms with Crippen molar-refractivity contribution in [3.8, 4) is 6.07 Å². The highest BCUT2D eigenvalue weighted by Gasteiger charge is 2.10. The van der Waals surface area contributed by atoms with Crippen molar-refractivity contribution in [2.24, 2.45) is 0 Å². The number of carbonyl (C=O) groups is 1. The molecule has 1 aromatic carbocycles. The predicted molar refractivity (Wildman–Crippen MR) is 82.4 cm³/mol. The van der Waals surface area contributed by atoms with Crippen LogP contribution in [-0.4, -0.2) is 5.91 Å². The third kappa shape index (κ3) is 6.40. The number of unbranched alkanes of at least 4 members (excludes halogenated alkanes) is 6. The van der Waals surface area contributed by atoms with Gasteiger partial charge in [0.2, 0.25) is 5.91 Å². The number of nitrogens with zero attached hydrogens (tertiary/aromatic N) is 1. The summed E-state index contributed by atoms with van der Waals surface area (Å²) in [6, 6.07) is 6.02.